The Morgan fingerprint density at radius 3 is 2.76 bits per heavy atom. The van der Waals surface area contributed by atoms with Crippen LogP contribution in [-0.2, 0) is 13.1 Å². The molecule has 3 aromatic rings. The van der Waals surface area contributed by atoms with Gasteiger partial charge in [0.1, 0.15) is 11.4 Å². The summed E-state index contributed by atoms with van der Waals surface area (Å²) in [5.74, 6) is 0.539. The standard InChI is InChI=1S/C23H21N3O3/c1-24-22(27)21-12-17(8-9-25-21)16-6-7-18-14-26(23(28)20(18)11-16)13-15-4-3-5-19(10-15)29-2/h3-12H,13-14H2,1-2H3,(H,24,27). The van der Waals surface area contributed by atoms with E-state index in [0.717, 1.165) is 28.0 Å². The van der Waals surface area contributed by atoms with Gasteiger partial charge in [-0.05, 0) is 52.6 Å². The van der Waals surface area contributed by atoms with E-state index in [2.05, 4.69) is 10.3 Å². The Labute approximate surface area is 169 Å². The van der Waals surface area contributed by atoms with Crippen molar-refractivity contribution in [3.63, 3.8) is 0 Å². The molecule has 0 unspecified atom stereocenters. The van der Waals surface area contributed by atoms with Crippen molar-refractivity contribution in [3.05, 3.63) is 83.2 Å². The number of methoxy groups -OCH3 is 1. The number of fused-ring (bicyclic) bond motifs is 1. The molecule has 0 radical (unpaired) electrons. The highest BCUT2D eigenvalue weighted by atomic mass is 16.5. The maximum Gasteiger partial charge on any atom is 0.269 e. The van der Waals surface area contributed by atoms with Crippen molar-refractivity contribution >= 4 is 11.8 Å². The Kier molecular flexibility index (Phi) is 4.99. The molecule has 29 heavy (non-hydrogen) atoms. The maximum absolute atomic E-state index is 13.0. The second-order valence-corrected chi connectivity index (χ2v) is 6.89. The van der Waals surface area contributed by atoms with Gasteiger partial charge >= 0.3 is 0 Å². The fraction of sp³-hybridized carbons (Fsp3) is 0.174. The minimum Gasteiger partial charge on any atom is -0.497 e. The molecular weight excluding hydrogens is 366 g/mol. The highest BCUT2D eigenvalue weighted by Crippen LogP contribution is 2.30. The van der Waals surface area contributed by atoms with Gasteiger partial charge in [-0.15, -0.1) is 0 Å². The number of hydrogen-bond donors (Lipinski definition) is 1. The molecule has 0 saturated heterocycles. The first-order valence-electron chi connectivity index (χ1n) is 9.32. The first-order valence-corrected chi connectivity index (χ1v) is 9.32. The maximum atomic E-state index is 13.0. The molecule has 0 fully saturated rings. The second-order valence-electron chi connectivity index (χ2n) is 6.89. The van der Waals surface area contributed by atoms with Crippen molar-refractivity contribution in [1.29, 1.82) is 0 Å². The van der Waals surface area contributed by atoms with Gasteiger partial charge in [-0.25, -0.2) is 0 Å². The summed E-state index contributed by atoms with van der Waals surface area (Å²) in [6.45, 7) is 1.10. The lowest BCUT2D eigenvalue weighted by Gasteiger charge is -2.16. The summed E-state index contributed by atoms with van der Waals surface area (Å²) in [6, 6.07) is 17.2. The molecule has 0 saturated carbocycles. The van der Waals surface area contributed by atoms with Gasteiger partial charge in [0.25, 0.3) is 11.8 Å². The Hall–Kier alpha value is -3.67. The monoisotopic (exact) mass is 387 g/mol. The zero-order valence-electron chi connectivity index (χ0n) is 16.3. The summed E-state index contributed by atoms with van der Waals surface area (Å²) in [5.41, 5.74) is 4.80. The summed E-state index contributed by atoms with van der Waals surface area (Å²) in [7, 11) is 3.20. The zero-order valence-corrected chi connectivity index (χ0v) is 16.3. The molecule has 146 valence electrons. The van der Waals surface area contributed by atoms with Gasteiger partial charge in [0.15, 0.2) is 0 Å². The fourth-order valence-electron chi connectivity index (χ4n) is 3.52. The van der Waals surface area contributed by atoms with Crippen LogP contribution in [0.3, 0.4) is 0 Å². The quantitative estimate of drug-likeness (QED) is 0.729. The highest BCUT2D eigenvalue weighted by molar-refractivity contribution is 5.99. The summed E-state index contributed by atoms with van der Waals surface area (Å²) < 4.78 is 5.27. The third-order valence-corrected chi connectivity index (χ3v) is 5.05. The third-order valence-electron chi connectivity index (χ3n) is 5.05. The van der Waals surface area contributed by atoms with Crippen molar-refractivity contribution < 1.29 is 14.3 Å². The topological polar surface area (TPSA) is 71.5 Å². The molecule has 2 amide bonds. The minimum absolute atomic E-state index is 0.00486. The van der Waals surface area contributed by atoms with Crippen molar-refractivity contribution in [2.75, 3.05) is 14.2 Å². The van der Waals surface area contributed by atoms with E-state index in [9.17, 15) is 9.59 Å². The first kappa shape index (κ1) is 18.7. The SMILES string of the molecule is CNC(=O)c1cc(-c2ccc3c(c2)C(=O)N(Cc2cccc(OC)c2)C3)ccn1. The molecular formula is C23H21N3O3. The average molecular weight is 387 g/mol. The summed E-state index contributed by atoms with van der Waals surface area (Å²) in [4.78, 5) is 30.8. The van der Waals surface area contributed by atoms with Gasteiger partial charge in [-0.2, -0.15) is 0 Å². The molecule has 2 heterocycles. The molecule has 0 atom stereocenters. The molecule has 0 bridgehead atoms. The molecule has 6 heteroatoms. The van der Waals surface area contributed by atoms with Crippen LogP contribution < -0.4 is 10.1 Å². The molecule has 1 aliphatic heterocycles. The lowest BCUT2D eigenvalue weighted by Crippen LogP contribution is -2.23. The van der Waals surface area contributed by atoms with E-state index < -0.39 is 0 Å². The van der Waals surface area contributed by atoms with E-state index >= 15 is 0 Å². The molecule has 1 N–H and O–H groups in total. The van der Waals surface area contributed by atoms with Gasteiger partial charge in [-0.3, -0.25) is 14.6 Å². The van der Waals surface area contributed by atoms with Crippen LogP contribution in [0.1, 0.15) is 32.0 Å². The van der Waals surface area contributed by atoms with E-state index in [1.54, 1.807) is 26.4 Å². The molecule has 4 rings (SSSR count). The molecule has 0 aliphatic carbocycles. The largest absolute Gasteiger partial charge is 0.497 e. The number of carbonyl (C=O) groups is 2. The summed E-state index contributed by atoms with van der Waals surface area (Å²) in [6.07, 6.45) is 1.60. The van der Waals surface area contributed by atoms with E-state index in [4.69, 9.17) is 4.74 Å². The Morgan fingerprint density at radius 2 is 1.97 bits per heavy atom. The number of rotatable bonds is 5. The van der Waals surface area contributed by atoms with Crippen molar-refractivity contribution in [1.82, 2.24) is 15.2 Å². The van der Waals surface area contributed by atoms with E-state index in [1.165, 1.54) is 0 Å². The van der Waals surface area contributed by atoms with Crippen LogP contribution in [0, 0.1) is 0 Å². The molecule has 2 aromatic carbocycles. The van der Waals surface area contributed by atoms with Crippen LogP contribution in [-0.4, -0.2) is 35.9 Å². The van der Waals surface area contributed by atoms with Crippen molar-refractivity contribution in [3.8, 4) is 16.9 Å². The smallest absolute Gasteiger partial charge is 0.269 e. The van der Waals surface area contributed by atoms with Crippen LogP contribution in [0.15, 0.2) is 60.8 Å². The van der Waals surface area contributed by atoms with Gasteiger partial charge in [0, 0.05) is 31.9 Å². The van der Waals surface area contributed by atoms with Crippen LogP contribution in [0.4, 0.5) is 0 Å². The third kappa shape index (κ3) is 3.69. The molecule has 0 spiro atoms. The summed E-state index contributed by atoms with van der Waals surface area (Å²) in [5, 5.41) is 2.57. The van der Waals surface area contributed by atoms with Crippen LogP contribution >= 0.6 is 0 Å². The van der Waals surface area contributed by atoms with Gasteiger partial charge in [0.05, 0.1) is 7.11 Å². The summed E-state index contributed by atoms with van der Waals surface area (Å²) >= 11 is 0. The Bertz CT molecular complexity index is 1090. The molecule has 1 aliphatic rings. The molecule has 6 nitrogen and oxygen atoms in total. The van der Waals surface area contributed by atoms with Crippen LogP contribution in [0.2, 0.25) is 0 Å². The predicted molar refractivity (Wildman–Crippen MR) is 110 cm³/mol. The Morgan fingerprint density at radius 1 is 1.14 bits per heavy atom. The van der Waals surface area contributed by atoms with E-state index in [1.807, 2.05) is 53.4 Å². The van der Waals surface area contributed by atoms with Crippen LogP contribution in [0.5, 0.6) is 5.75 Å². The first-order chi connectivity index (χ1) is 14.1. The fourth-order valence-corrected chi connectivity index (χ4v) is 3.52. The van der Waals surface area contributed by atoms with Crippen molar-refractivity contribution in [2.45, 2.75) is 13.1 Å². The number of nitrogens with zero attached hydrogens (tertiary/aromatic N) is 2. The number of aromatic nitrogens is 1. The number of benzene rings is 2. The van der Waals surface area contributed by atoms with Crippen molar-refractivity contribution in [2.24, 2.45) is 0 Å². The van der Waals surface area contributed by atoms with Gasteiger partial charge in [-0.1, -0.05) is 24.3 Å². The number of carbonyl (C=O) groups excluding carboxylic acids is 2. The highest BCUT2D eigenvalue weighted by Gasteiger charge is 2.27. The van der Waals surface area contributed by atoms with Gasteiger partial charge < -0.3 is 15.0 Å². The van der Waals surface area contributed by atoms with Crippen LogP contribution in [0.25, 0.3) is 11.1 Å². The van der Waals surface area contributed by atoms with E-state index in [0.29, 0.717) is 24.3 Å². The van der Waals surface area contributed by atoms with E-state index in [-0.39, 0.29) is 11.8 Å². The van der Waals surface area contributed by atoms with Gasteiger partial charge in [0.2, 0.25) is 0 Å². The number of amides is 2. The average Bonchev–Trinajstić information content (AvgIpc) is 3.08. The second kappa shape index (κ2) is 7.75. The number of hydrogen-bond acceptors (Lipinski definition) is 4. The normalized spacial score (nSPS) is 12.6. The lowest BCUT2D eigenvalue weighted by molar-refractivity contribution is 0.0766. The lowest BCUT2D eigenvalue weighted by atomic mass is 10.0. The number of ether oxygens (including phenoxy) is 1. The number of nitrogens with one attached hydrogen (secondary N) is 1. The zero-order chi connectivity index (χ0) is 20.4. The Balaban J connectivity index is 1.59. The minimum atomic E-state index is -0.242. The molecule has 1 aromatic heterocycles. The number of pyridine rings is 1. The predicted octanol–water partition coefficient (Wildman–Crippen LogP) is 3.27.